The number of hydrogen-bond acceptors (Lipinski definition) is 2. The molecule has 0 aromatic heterocycles. The first-order valence-electron chi connectivity index (χ1n) is 8.35. The van der Waals surface area contributed by atoms with Crippen molar-refractivity contribution < 1.29 is 4.79 Å². The predicted molar refractivity (Wildman–Crippen MR) is 102 cm³/mol. The van der Waals surface area contributed by atoms with Crippen LogP contribution in [-0.2, 0) is 16.8 Å². The Morgan fingerprint density at radius 1 is 1.08 bits per heavy atom. The third-order valence-electron chi connectivity index (χ3n) is 4.03. The van der Waals surface area contributed by atoms with Gasteiger partial charge in [-0.05, 0) is 35.1 Å². The fraction of sp³-hybridized carbons (Fsp3) is 0.273. The highest BCUT2D eigenvalue weighted by Gasteiger charge is 2.13. The van der Waals surface area contributed by atoms with E-state index in [1.165, 1.54) is 11.1 Å². The van der Waals surface area contributed by atoms with E-state index in [9.17, 15) is 10.1 Å². The topological polar surface area (TPSA) is 52.9 Å². The van der Waals surface area contributed by atoms with E-state index in [1.807, 2.05) is 61.5 Å². The van der Waals surface area contributed by atoms with Gasteiger partial charge in [-0.2, -0.15) is 5.26 Å². The average molecular weight is 332 g/mol. The van der Waals surface area contributed by atoms with Crippen molar-refractivity contribution in [3.8, 4) is 6.07 Å². The van der Waals surface area contributed by atoms with Crippen LogP contribution in [-0.4, -0.2) is 5.91 Å². The van der Waals surface area contributed by atoms with Crippen molar-refractivity contribution in [2.45, 2.75) is 39.7 Å². The fourth-order valence-electron chi connectivity index (χ4n) is 2.38. The number of rotatable bonds is 4. The summed E-state index contributed by atoms with van der Waals surface area (Å²) < 4.78 is 0. The number of aryl methyl sites for hydroxylation is 1. The van der Waals surface area contributed by atoms with Gasteiger partial charge in [-0.15, -0.1) is 0 Å². The highest BCUT2D eigenvalue weighted by atomic mass is 16.1. The van der Waals surface area contributed by atoms with Gasteiger partial charge in [-0.3, -0.25) is 4.79 Å². The number of nitriles is 1. The van der Waals surface area contributed by atoms with Gasteiger partial charge in [0.2, 0.25) is 0 Å². The number of hydrogen-bond donors (Lipinski definition) is 1. The SMILES string of the molecule is Cc1ccc(CNC(=O)/C(C#N)=C\c2ccc(C(C)(C)C)cc2)cc1. The van der Waals surface area contributed by atoms with E-state index >= 15 is 0 Å². The molecule has 3 heteroatoms. The molecule has 0 spiro atoms. The molecule has 2 aromatic rings. The molecule has 2 rings (SSSR count). The van der Waals surface area contributed by atoms with E-state index in [1.54, 1.807) is 6.08 Å². The van der Waals surface area contributed by atoms with Gasteiger partial charge in [0.1, 0.15) is 11.6 Å². The molecule has 0 aliphatic carbocycles. The van der Waals surface area contributed by atoms with Crippen molar-refractivity contribution in [3.05, 3.63) is 76.4 Å². The molecule has 3 nitrogen and oxygen atoms in total. The van der Waals surface area contributed by atoms with Crippen molar-refractivity contribution in [3.63, 3.8) is 0 Å². The van der Waals surface area contributed by atoms with Crippen LogP contribution in [0.15, 0.2) is 54.1 Å². The van der Waals surface area contributed by atoms with E-state index in [0.29, 0.717) is 6.54 Å². The van der Waals surface area contributed by atoms with Crippen molar-refractivity contribution in [1.82, 2.24) is 5.32 Å². The van der Waals surface area contributed by atoms with Gasteiger partial charge in [0.15, 0.2) is 0 Å². The van der Waals surface area contributed by atoms with Gasteiger partial charge in [-0.1, -0.05) is 74.9 Å². The Morgan fingerprint density at radius 2 is 1.68 bits per heavy atom. The largest absolute Gasteiger partial charge is 0.347 e. The lowest BCUT2D eigenvalue weighted by Gasteiger charge is -2.18. The molecule has 2 aromatic carbocycles. The van der Waals surface area contributed by atoms with Crippen LogP contribution >= 0.6 is 0 Å². The van der Waals surface area contributed by atoms with Gasteiger partial charge in [0, 0.05) is 6.54 Å². The van der Waals surface area contributed by atoms with E-state index in [4.69, 9.17) is 0 Å². The quantitative estimate of drug-likeness (QED) is 0.661. The van der Waals surface area contributed by atoms with Crippen LogP contribution in [0.4, 0.5) is 0 Å². The Hall–Kier alpha value is -2.86. The van der Waals surface area contributed by atoms with E-state index in [0.717, 1.165) is 11.1 Å². The van der Waals surface area contributed by atoms with E-state index in [-0.39, 0.29) is 16.9 Å². The zero-order chi connectivity index (χ0) is 18.4. The smallest absolute Gasteiger partial charge is 0.262 e. The van der Waals surface area contributed by atoms with Gasteiger partial charge < -0.3 is 5.32 Å². The maximum absolute atomic E-state index is 12.2. The minimum absolute atomic E-state index is 0.0751. The molecule has 0 radical (unpaired) electrons. The lowest BCUT2D eigenvalue weighted by Crippen LogP contribution is -2.23. The molecule has 1 amide bonds. The summed E-state index contributed by atoms with van der Waals surface area (Å²) in [5.41, 5.74) is 4.42. The first-order chi connectivity index (χ1) is 11.8. The first-order valence-corrected chi connectivity index (χ1v) is 8.35. The first kappa shape index (κ1) is 18.5. The third-order valence-corrected chi connectivity index (χ3v) is 4.03. The summed E-state index contributed by atoms with van der Waals surface area (Å²) in [6.07, 6.45) is 1.62. The number of benzene rings is 2. The molecular formula is C22H24N2O. The highest BCUT2D eigenvalue weighted by Crippen LogP contribution is 2.22. The lowest BCUT2D eigenvalue weighted by atomic mass is 9.86. The van der Waals surface area contributed by atoms with Crippen molar-refractivity contribution in [2.24, 2.45) is 0 Å². The molecule has 0 bridgehead atoms. The molecule has 0 heterocycles. The highest BCUT2D eigenvalue weighted by molar-refractivity contribution is 6.01. The predicted octanol–water partition coefficient (Wildman–Crippen LogP) is 4.52. The second-order valence-corrected chi connectivity index (χ2v) is 7.21. The average Bonchev–Trinajstić information content (AvgIpc) is 2.58. The van der Waals surface area contributed by atoms with Crippen LogP contribution in [0.5, 0.6) is 0 Å². The Morgan fingerprint density at radius 3 is 2.20 bits per heavy atom. The zero-order valence-electron chi connectivity index (χ0n) is 15.3. The molecule has 1 N–H and O–H groups in total. The van der Waals surface area contributed by atoms with Crippen LogP contribution in [0.3, 0.4) is 0 Å². The minimum atomic E-state index is -0.358. The molecule has 128 valence electrons. The van der Waals surface area contributed by atoms with Gasteiger partial charge in [0.05, 0.1) is 0 Å². The second kappa shape index (κ2) is 7.81. The summed E-state index contributed by atoms with van der Waals surface area (Å²) in [7, 11) is 0. The minimum Gasteiger partial charge on any atom is -0.347 e. The van der Waals surface area contributed by atoms with Crippen LogP contribution in [0, 0.1) is 18.3 Å². The number of nitrogens with zero attached hydrogens (tertiary/aromatic N) is 1. The van der Waals surface area contributed by atoms with E-state index < -0.39 is 0 Å². The Bertz CT molecular complexity index is 801. The lowest BCUT2D eigenvalue weighted by molar-refractivity contribution is -0.117. The molecular weight excluding hydrogens is 308 g/mol. The van der Waals surface area contributed by atoms with Crippen molar-refractivity contribution in [1.29, 1.82) is 5.26 Å². The summed E-state index contributed by atoms with van der Waals surface area (Å²) in [4.78, 5) is 12.2. The number of amides is 1. The van der Waals surface area contributed by atoms with Crippen LogP contribution < -0.4 is 5.32 Å². The van der Waals surface area contributed by atoms with Crippen molar-refractivity contribution in [2.75, 3.05) is 0 Å². The van der Waals surface area contributed by atoms with Gasteiger partial charge in [-0.25, -0.2) is 0 Å². The maximum Gasteiger partial charge on any atom is 0.262 e. The molecule has 0 fully saturated rings. The number of carbonyl (C=O) groups excluding carboxylic acids is 1. The van der Waals surface area contributed by atoms with Crippen LogP contribution in [0.1, 0.15) is 43.0 Å². The monoisotopic (exact) mass is 332 g/mol. The molecule has 0 aliphatic rings. The Labute approximate surface area is 150 Å². The Balaban J connectivity index is 2.07. The summed E-state index contributed by atoms with van der Waals surface area (Å²) in [5, 5.41) is 12.1. The second-order valence-electron chi connectivity index (χ2n) is 7.21. The summed E-state index contributed by atoms with van der Waals surface area (Å²) in [5.74, 6) is -0.358. The van der Waals surface area contributed by atoms with Gasteiger partial charge >= 0.3 is 0 Å². The van der Waals surface area contributed by atoms with E-state index in [2.05, 4.69) is 26.1 Å². The summed E-state index contributed by atoms with van der Waals surface area (Å²) in [6.45, 7) is 8.87. The maximum atomic E-state index is 12.2. The standard InChI is InChI=1S/C22H24N2O/c1-16-5-7-18(8-6-16)15-24-21(25)19(14-23)13-17-9-11-20(12-10-17)22(2,3)4/h5-13H,15H2,1-4H3,(H,24,25)/b19-13-. The Kier molecular flexibility index (Phi) is 5.77. The molecule has 0 saturated heterocycles. The number of carbonyl (C=O) groups is 1. The van der Waals surface area contributed by atoms with Gasteiger partial charge in [0.25, 0.3) is 5.91 Å². The third kappa shape index (κ3) is 5.32. The molecule has 0 aliphatic heterocycles. The molecule has 0 saturated carbocycles. The summed E-state index contributed by atoms with van der Waals surface area (Å²) in [6, 6.07) is 17.9. The number of nitrogens with one attached hydrogen (secondary N) is 1. The zero-order valence-corrected chi connectivity index (χ0v) is 15.3. The van der Waals surface area contributed by atoms with Crippen LogP contribution in [0.25, 0.3) is 6.08 Å². The molecule has 0 unspecified atom stereocenters. The van der Waals surface area contributed by atoms with Crippen molar-refractivity contribution >= 4 is 12.0 Å². The molecule has 0 atom stereocenters. The van der Waals surface area contributed by atoms with Crippen LogP contribution in [0.2, 0.25) is 0 Å². The summed E-state index contributed by atoms with van der Waals surface area (Å²) >= 11 is 0. The normalized spacial score (nSPS) is 11.7. The molecule has 25 heavy (non-hydrogen) atoms. The fourth-order valence-corrected chi connectivity index (χ4v) is 2.38.